The molecule has 3 aliphatic heterocycles. The molecule has 0 aliphatic carbocycles. The summed E-state index contributed by atoms with van der Waals surface area (Å²) >= 11 is 0. The topological polar surface area (TPSA) is 91.2 Å². The van der Waals surface area contributed by atoms with E-state index in [9.17, 15) is 0 Å². The fourth-order valence-corrected chi connectivity index (χ4v) is 7.22. The maximum atomic E-state index is 5.48. The first kappa shape index (κ1) is 34.4. The number of hydrogen-bond donors (Lipinski definition) is 2. The van der Waals surface area contributed by atoms with Gasteiger partial charge >= 0.3 is 0 Å². The predicted molar refractivity (Wildman–Crippen MR) is 224 cm³/mol. The standard InChI is InChI=1S/C48H38N4O4/c1-53-33-13-5-29(6-14-33)37-25-45-46-26-38(30-7-15-34(54-2)16-8-30)43(50-46)23-24-44-40(32-11-19-36(56-4)20-12-32)28-48(52-44)47-27-39(31-9-17-35(55-3)18-10-31)42(51-47)22-21-41(37)49-45/h5-28,49,52H,1-4H3. The summed E-state index contributed by atoms with van der Waals surface area (Å²) < 4.78 is 21.9. The number of hydrogen-bond acceptors (Lipinski definition) is 6. The van der Waals surface area contributed by atoms with Crippen LogP contribution in [0.25, 0.3) is 56.9 Å². The molecule has 0 spiro atoms. The number of methoxy groups -OCH3 is 4. The van der Waals surface area contributed by atoms with Gasteiger partial charge in [0.05, 0.1) is 57.2 Å². The molecule has 0 unspecified atom stereocenters. The zero-order valence-electron chi connectivity index (χ0n) is 31.4. The van der Waals surface area contributed by atoms with Gasteiger partial charge in [0, 0.05) is 22.6 Å². The molecule has 2 N–H and O–H groups in total. The van der Waals surface area contributed by atoms with E-state index in [0.717, 1.165) is 112 Å². The van der Waals surface area contributed by atoms with Crippen molar-refractivity contribution in [2.24, 2.45) is 4.99 Å². The summed E-state index contributed by atoms with van der Waals surface area (Å²) in [4.78, 5) is 14.2. The minimum Gasteiger partial charge on any atom is -0.611 e. The van der Waals surface area contributed by atoms with E-state index in [1.54, 1.807) is 28.4 Å². The predicted octanol–water partition coefficient (Wildman–Crippen LogP) is 6.14. The van der Waals surface area contributed by atoms with Crippen LogP contribution in [0, 0.1) is 6.42 Å². The minimum absolute atomic E-state index is 0.795. The Hall–Kier alpha value is -7.32. The molecule has 5 heterocycles. The Labute approximate surface area is 324 Å². The van der Waals surface area contributed by atoms with Crippen molar-refractivity contribution in [1.29, 1.82) is 0 Å². The summed E-state index contributed by atoms with van der Waals surface area (Å²) in [5.74, 6) is 3.18. The largest absolute Gasteiger partial charge is 0.611 e. The zero-order valence-corrected chi connectivity index (χ0v) is 31.4. The summed E-state index contributed by atoms with van der Waals surface area (Å²) in [7, 11) is 6.71. The van der Waals surface area contributed by atoms with Gasteiger partial charge in [-0.05, 0) is 119 Å². The number of rotatable bonds is 8. The van der Waals surface area contributed by atoms with Crippen LogP contribution in [0.15, 0.2) is 138 Å². The Bertz CT molecular complexity index is 2850. The summed E-state index contributed by atoms with van der Waals surface area (Å²) in [6.07, 6.45) is 12.7. The van der Waals surface area contributed by atoms with E-state index in [-0.39, 0.29) is 0 Å². The molecule has 8 bridgehead atoms. The highest BCUT2D eigenvalue weighted by atomic mass is 16.5. The molecule has 0 radical (unpaired) electrons. The first-order valence-corrected chi connectivity index (χ1v) is 18.3. The molecular weight excluding hydrogens is 697 g/mol. The summed E-state index contributed by atoms with van der Waals surface area (Å²) in [6.45, 7) is 0. The number of H-pyrrole nitrogens is 1. The molecule has 0 amide bonds. The number of aromatic amines is 1. The number of nitrogens with one attached hydrogen (secondary N) is 2. The van der Waals surface area contributed by atoms with E-state index in [4.69, 9.17) is 28.9 Å². The third-order valence-electron chi connectivity index (χ3n) is 10.3. The molecule has 0 saturated carbocycles. The fraction of sp³-hybridized carbons (Fsp3) is 0.0833. The highest BCUT2D eigenvalue weighted by Gasteiger charge is 2.27. The van der Waals surface area contributed by atoms with E-state index in [2.05, 4.69) is 108 Å². The Balaban J connectivity index is 1.31. The van der Waals surface area contributed by atoms with Crippen LogP contribution in [0.3, 0.4) is 0 Å². The van der Waals surface area contributed by atoms with Gasteiger partial charge in [-0.25, -0.2) is 4.99 Å². The van der Waals surface area contributed by atoms with Gasteiger partial charge in [0.2, 0.25) is 0 Å². The number of nitrogens with zero attached hydrogens (tertiary/aromatic N) is 2. The summed E-state index contributed by atoms with van der Waals surface area (Å²) in [5, 5.41) is 7.20. The number of ether oxygens (including phenoxy) is 4. The molecule has 274 valence electrons. The molecular formula is C48H38N4O4. The molecule has 8 heteroatoms. The highest BCUT2D eigenvalue weighted by molar-refractivity contribution is 6.34. The Morgan fingerprint density at radius 2 is 1.14 bits per heavy atom. The van der Waals surface area contributed by atoms with Crippen molar-refractivity contribution in [3.8, 4) is 45.3 Å². The van der Waals surface area contributed by atoms with Gasteiger partial charge in [-0.2, -0.15) is 0 Å². The third-order valence-corrected chi connectivity index (χ3v) is 10.3. The summed E-state index contributed by atoms with van der Waals surface area (Å²) in [6, 6.07) is 36.7. The van der Waals surface area contributed by atoms with Crippen molar-refractivity contribution in [2.45, 2.75) is 0 Å². The van der Waals surface area contributed by atoms with Crippen molar-refractivity contribution < 1.29 is 18.9 Å². The molecule has 56 heavy (non-hydrogen) atoms. The highest BCUT2D eigenvalue weighted by Crippen LogP contribution is 2.33. The monoisotopic (exact) mass is 734 g/mol. The lowest BCUT2D eigenvalue weighted by atomic mass is 9.99. The van der Waals surface area contributed by atoms with Crippen LogP contribution in [0.5, 0.6) is 23.0 Å². The molecule has 0 saturated heterocycles. The van der Waals surface area contributed by atoms with Gasteiger partial charge in [-0.3, -0.25) is 5.32 Å². The second-order valence-corrected chi connectivity index (χ2v) is 13.5. The van der Waals surface area contributed by atoms with Crippen LogP contribution >= 0.6 is 0 Å². The molecule has 0 atom stereocenters. The molecule has 6 aromatic rings. The number of benzene rings is 4. The zero-order chi connectivity index (χ0) is 38.2. The Kier molecular flexibility index (Phi) is 8.91. The Morgan fingerprint density at radius 3 is 1.73 bits per heavy atom. The number of allylic oxidation sites excluding steroid dienone is 3. The van der Waals surface area contributed by atoms with Crippen molar-refractivity contribution >= 4 is 40.4 Å². The molecule has 3 aliphatic rings. The van der Waals surface area contributed by atoms with Crippen LogP contribution in [0.1, 0.15) is 11.1 Å². The quantitative estimate of drug-likeness (QED) is 0.183. The van der Waals surface area contributed by atoms with Crippen LogP contribution in [-0.4, -0.2) is 39.1 Å². The lowest BCUT2D eigenvalue weighted by molar-refractivity contribution is 0.414. The normalized spacial score (nSPS) is 14.3. The average molecular weight is 735 g/mol. The van der Waals surface area contributed by atoms with Gasteiger partial charge in [0.25, 0.3) is 0 Å². The van der Waals surface area contributed by atoms with E-state index in [1.807, 2.05) is 48.5 Å². The van der Waals surface area contributed by atoms with Gasteiger partial charge in [-0.1, -0.05) is 42.5 Å². The van der Waals surface area contributed by atoms with Crippen LogP contribution in [-0.2, 0) is 0 Å². The second kappa shape index (κ2) is 14.5. The van der Waals surface area contributed by atoms with Gasteiger partial charge in [0.15, 0.2) is 0 Å². The Morgan fingerprint density at radius 1 is 0.589 bits per heavy atom. The van der Waals surface area contributed by atoms with E-state index >= 15 is 0 Å². The van der Waals surface area contributed by atoms with Crippen molar-refractivity contribution in [3.63, 3.8) is 0 Å². The lowest BCUT2D eigenvalue weighted by Crippen LogP contribution is -2.21. The maximum Gasteiger partial charge on any atom is 0.129 e. The lowest BCUT2D eigenvalue weighted by Gasteiger charge is -2.05. The molecule has 8 nitrogen and oxygen atoms in total. The van der Waals surface area contributed by atoms with E-state index in [0.29, 0.717) is 0 Å². The number of aliphatic imine (C=N–C) groups is 1. The molecule has 0 fully saturated rings. The molecule has 9 rings (SSSR count). The van der Waals surface area contributed by atoms with Crippen LogP contribution in [0.4, 0.5) is 0 Å². The van der Waals surface area contributed by atoms with Gasteiger partial charge in [0.1, 0.15) is 40.0 Å². The average Bonchev–Trinajstić information content (AvgIpc) is 4.07. The second-order valence-electron chi connectivity index (χ2n) is 13.5. The number of aromatic nitrogens is 2. The van der Waals surface area contributed by atoms with Crippen LogP contribution in [0.2, 0.25) is 0 Å². The van der Waals surface area contributed by atoms with Crippen molar-refractivity contribution in [2.75, 3.05) is 28.4 Å². The molecule has 2 aromatic heterocycles. The minimum atomic E-state index is 0.795. The smallest absolute Gasteiger partial charge is 0.129 e. The third kappa shape index (κ3) is 6.47. The fourth-order valence-electron chi connectivity index (χ4n) is 7.22. The van der Waals surface area contributed by atoms with Crippen LogP contribution < -0.4 is 50.6 Å². The van der Waals surface area contributed by atoms with Gasteiger partial charge in [-0.15, -0.1) is 5.35 Å². The van der Waals surface area contributed by atoms with E-state index < -0.39 is 0 Å². The van der Waals surface area contributed by atoms with Crippen molar-refractivity contribution in [1.82, 2.24) is 15.3 Å². The van der Waals surface area contributed by atoms with Gasteiger partial charge < -0.3 is 28.9 Å². The van der Waals surface area contributed by atoms with Crippen molar-refractivity contribution in [3.05, 3.63) is 172 Å². The first-order chi connectivity index (χ1) is 27.5. The van der Waals surface area contributed by atoms with E-state index in [1.165, 1.54) is 0 Å². The first-order valence-electron chi connectivity index (χ1n) is 18.3. The SMILES string of the molecule is COc1ccc(C2=CC3=c4cc(-c5ccc(OC)cc5)c([nH]4)=CC=c4[n-]c(cc4-c4ccc(OC)cc4)=C4[CH+]C(c5ccc(OC)cc5)=C(C=CC2=N3)N4)cc1. The summed E-state index contributed by atoms with van der Waals surface area (Å²) in [5.41, 5.74) is 11.7. The maximum absolute atomic E-state index is 5.48. The number of fused-ring (bicyclic) bond motifs is 7. The molecule has 4 aromatic carbocycles.